The van der Waals surface area contributed by atoms with E-state index in [2.05, 4.69) is 9.97 Å². The number of aromatic nitrogens is 2. The van der Waals surface area contributed by atoms with Gasteiger partial charge in [-0.25, -0.2) is 9.97 Å². The lowest BCUT2D eigenvalue weighted by Gasteiger charge is -2.18. The zero-order chi connectivity index (χ0) is 17.6. The number of carbonyl (C=O) groups excluding carboxylic acids is 1. The highest BCUT2D eigenvalue weighted by Crippen LogP contribution is 2.25. The Hall–Kier alpha value is -3.41. The molecule has 126 valence electrons. The fourth-order valence-corrected chi connectivity index (χ4v) is 2.22. The first-order chi connectivity index (χ1) is 12.2. The summed E-state index contributed by atoms with van der Waals surface area (Å²) in [4.78, 5) is 22.7. The van der Waals surface area contributed by atoms with Gasteiger partial charge in [0.05, 0.1) is 19.0 Å². The lowest BCUT2D eigenvalue weighted by molar-refractivity contribution is 0.0990. The van der Waals surface area contributed by atoms with Crippen LogP contribution in [0.4, 0.5) is 5.69 Å². The van der Waals surface area contributed by atoms with Crippen LogP contribution in [0.3, 0.4) is 0 Å². The number of hydrogen-bond acceptors (Lipinski definition) is 5. The molecule has 25 heavy (non-hydrogen) atoms. The van der Waals surface area contributed by atoms with Crippen molar-refractivity contribution < 1.29 is 14.3 Å². The number of ether oxygens (including phenoxy) is 2. The molecule has 0 aliphatic rings. The maximum Gasteiger partial charge on any atom is 0.263 e. The van der Waals surface area contributed by atoms with Crippen molar-refractivity contribution in [3.8, 4) is 17.5 Å². The van der Waals surface area contributed by atoms with Crippen LogP contribution in [0.5, 0.6) is 17.5 Å². The molecule has 2 heterocycles. The molecule has 0 fully saturated rings. The molecule has 2 aromatic heterocycles. The first-order valence-corrected chi connectivity index (χ1v) is 7.65. The second-order valence-electron chi connectivity index (χ2n) is 5.19. The minimum absolute atomic E-state index is 0.244. The van der Waals surface area contributed by atoms with Gasteiger partial charge in [0, 0.05) is 19.3 Å². The zero-order valence-electron chi connectivity index (χ0n) is 13.9. The minimum atomic E-state index is -0.244. The molecule has 0 bridgehead atoms. The van der Waals surface area contributed by atoms with E-state index in [1.54, 1.807) is 62.9 Å². The Morgan fingerprint density at radius 1 is 1.00 bits per heavy atom. The predicted octanol–water partition coefficient (Wildman–Crippen LogP) is 3.55. The molecule has 0 unspecified atom stereocenters. The van der Waals surface area contributed by atoms with Crippen LogP contribution in [0.25, 0.3) is 0 Å². The van der Waals surface area contributed by atoms with Crippen molar-refractivity contribution in [2.24, 2.45) is 0 Å². The molecule has 1 aromatic carbocycles. The fraction of sp³-hybridized carbons (Fsp3) is 0.105. The summed E-state index contributed by atoms with van der Waals surface area (Å²) in [6.45, 7) is 0. The average molecular weight is 335 g/mol. The van der Waals surface area contributed by atoms with Crippen LogP contribution in [0, 0.1) is 0 Å². The topological polar surface area (TPSA) is 64.5 Å². The van der Waals surface area contributed by atoms with Crippen LogP contribution in [-0.2, 0) is 0 Å². The summed E-state index contributed by atoms with van der Waals surface area (Å²) in [5.74, 6) is 1.11. The predicted molar refractivity (Wildman–Crippen MR) is 94.3 cm³/mol. The molecule has 0 atom stereocenters. The molecule has 0 aliphatic heterocycles. The molecule has 0 saturated carbocycles. The van der Waals surface area contributed by atoms with Gasteiger partial charge in [-0.05, 0) is 30.3 Å². The summed E-state index contributed by atoms with van der Waals surface area (Å²) in [7, 11) is 3.21. The van der Waals surface area contributed by atoms with Gasteiger partial charge in [-0.15, -0.1) is 0 Å². The monoisotopic (exact) mass is 335 g/mol. The second-order valence-corrected chi connectivity index (χ2v) is 5.19. The van der Waals surface area contributed by atoms with Crippen molar-refractivity contribution >= 4 is 11.6 Å². The third-order valence-electron chi connectivity index (χ3n) is 3.58. The van der Waals surface area contributed by atoms with E-state index in [1.165, 1.54) is 4.90 Å². The third kappa shape index (κ3) is 3.74. The van der Waals surface area contributed by atoms with E-state index in [9.17, 15) is 4.79 Å². The number of methoxy groups -OCH3 is 1. The van der Waals surface area contributed by atoms with Crippen LogP contribution in [0.1, 0.15) is 10.4 Å². The van der Waals surface area contributed by atoms with Crippen LogP contribution in [0.15, 0.2) is 67.0 Å². The molecular formula is C19H17N3O3. The minimum Gasteiger partial charge on any atom is -0.481 e. The Balaban J connectivity index is 1.86. The summed E-state index contributed by atoms with van der Waals surface area (Å²) >= 11 is 0. The summed E-state index contributed by atoms with van der Waals surface area (Å²) in [5, 5.41) is 0. The maximum atomic E-state index is 12.9. The number of nitrogens with zero attached hydrogens (tertiary/aromatic N) is 3. The van der Waals surface area contributed by atoms with Gasteiger partial charge in [0.2, 0.25) is 11.8 Å². The van der Waals surface area contributed by atoms with E-state index in [1.807, 2.05) is 18.2 Å². The van der Waals surface area contributed by atoms with Gasteiger partial charge in [-0.2, -0.15) is 0 Å². The highest BCUT2D eigenvalue weighted by Gasteiger charge is 2.19. The SMILES string of the molecule is COc1ccc(N(C)C(=O)c2cccnc2Oc2ccccc2)cn1. The van der Waals surface area contributed by atoms with Gasteiger partial charge in [0.15, 0.2) is 0 Å². The number of carbonyl (C=O) groups is 1. The zero-order valence-corrected chi connectivity index (χ0v) is 13.9. The van der Waals surface area contributed by atoms with E-state index < -0.39 is 0 Å². The first-order valence-electron chi connectivity index (χ1n) is 7.65. The highest BCUT2D eigenvalue weighted by atomic mass is 16.5. The van der Waals surface area contributed by atoms with Gasteiger partial charge in [0.25, 0.3) is 5.91 Å². The van der Waals surface area contributed by atoms with Crippen LogP contribution in [0.2, 0.25) is 0 Å². The van der Waals surface area contributed by atoms with Crippen molar-refractivity contribution in [1.29, 1.82) is 0 Å². The Labute approximate surface area is 145 Å². The number of amides is 1. The number of hydrogen-bond donors (Lipinski definition) is 0. The van der Waals surface area contributed by atoms with Crippen molar-refractivity contribution in [3.63, 3.8) is 0 Å². The Kier molecular flexibility index (Phi) is 4.89. The lowest BCUT2D eigenvalue weighted by Crippen LogP contribution is -2.26. The van der Waals surface area contributed by atoms with Crippen molar-refractivity contribution in [3.05, 3.63) is 72.6 Å². The Morgan fingerprint density at radius 3 is 2.48 bits per heavy atom. The van der Waals surface area contributed by atoms with Crippen LogP contribution < -0.4 is 14.4 Å². The molecule has 1 amide bonds. The molecule has 0 radical (unpaired) electrons. The summed E-state index contributed by atoms with van der Waals surface area (Å²) in [6, 6.07) is 16.1. The number of pyridine rings is 2. The lowest BCUT2D eigenvalue weighted by atomic mass is 10.2. The molecule has 0 N–H and O–H groups in total. The van der Waals surface area contributed by atoms with E-state index >= 15 is 0 Å². The van der Waals surface area contributed by atoms with Gasteiger partial charge in [0.1, 0.15) is 11.3 Å². The standard InChI is InChI=1S/C19H17N3O3/c1-22(14-10-11-17(24-2)21-13-14)19(23)16-9-6-12-20-18(16)25-15-7-4-3-5-8-15/h3-13H,1-2H3. The van der Waals surface area contributed by atoms with E-state index in [0.717, 1.165) is 0 Å². The van der Waals surface area contributed by atoms with E-state index in [0.29, 0.717) is 22.9 Å². The maximum absolute atomic E-state index is 12.9. The number of rotatable bonds is 5. The Morgan fingerprint density at radius 2 is 1.80 bits per heavy atom. The summed E-state index contributed by atoms with van der Waals surface area (Å²) in [5.41, 5.74) is 1.00. The van der Waals surface area contributed by atoms with Crippen LogP contribution in [-0.4, -0.2) is 30.0 Å². The number of benzene rings is 1. The Bertz CT molecular complexity index is 851. The smallest absolute Gasteiger partial charge is 0.263 e. The molecule has 6 nitrogen and oxygen atoms in total. The molecule has 6 heteroatoms. The molecule has 3 aromatic rings. The van der Waals surface area contributed by atoms with E-state index in [-0.39, 0.29) is 11.8 Å². The van der Waals surface area contributed by atoms with E-state index in [4.69, 9.17) is 9.47 Å². The summed E-state index contributed by atoms with van der Waals surface area (Å²) in [6.07, 6.45) is 3.16. The van der Waals surface area contributed by atoms with Gasteiger partial charge in [-0.3, -0.25) is 4.79 Å². The van der Waals surface area contributed by atoms with Gasteiger partial charge >= 0.3 is 0 Å². The second kappa shape index (κ2) is 7.44. The van der Waals surface area contributed by atoms with Crippen molar-refractivity contribution in [1.82, 2.24) is 9.97 Å². The average Bonchev–Trinajstić information content (AvgIpc) is 2.68. The van der Waals surface area contributed by atoms with Gasteiger partial charge in [-0.1, -0.05) is 18.2 Å². The normalized spacial score (nSPS) is 10.2. The number of para-hydroxylation sites is 1. The van der Waals surface area contributed by atoms with Crippen molar-refractivity contribution in [2.45, 2.75) is 0 Å². The molecule has 0 saturated heterocycles. The fourth-order valence-electron chi connectivity index (χ4n) is 2.22. The first kappa shape index (κ1) is 16.4. The number of anilines is 1. The summed E-state index contributed by atoms with van der Waals surface area (Å²) < 4.78 is 10.8. The molecule has 3 rings (SSSR count). The largest absolute Gasteiger partial charge is 0.481 e. The van der Waals surface area contributed by atoms with Crippen LogP contribution >= 0.6 is 0 Å². The third-order valence-corrected chi connectivity index (χ3v) is 3.58. The van der Waals surface area contributed by atoms with Gasteiger partial charge < -0.3 is 14.4 Å². The highest BCUT2D eigenvalue weighted by molar-refractivity contribution is 6.07. The molecule has 0 aliphatic carbocycles. The quantitative estimate of drug-likeness (QED) is 0.713. The molecule has 0 spiro atoms. The van der Waals surface area contributed by atoms with Crippen molar-refractivity contribution in [2.75, 3.05) is 19.1 Å². The molecular weight excluding hydrogens is 318 g/mol.